The van der Waals surface area contributed by atoms with Crippen molar-refractivity contribution in [2.45, 2.75) is 18.9 Å². The second kappa shape index (κ2) is 6.82. The van der Waals surface area contributed by atoms with Gasteiger partial charge in [-0.2, -0.15) is 10.2 Å². The first-order valence-electron chi connectivity index (χ1n) is 7.66. The molecular formula is C15H21N5O3. The zero-order valence-corrected chi connectivity index (χ0v) is 13.3. The normalized spacial score (nSPS) is 21.1. The van der Waals surface area contributed by atoms with E-state index in [1.807, 2.05) is 6.07 Å². The quantitative estimate of drug-likeness (QED) is 0.859. The van der Waals surface area contributed by atoms with Gasteiger partial charge in [-0.15, -0.1) is 0 Å². The third-order valence-corrected chi connectivity index (χ3v) is 4.08. The van der Waals surface area contributed by atoms with Crippen molar-refractivity contribution in [3.8, 4) is 5.88 Å². The molecule has 8 nitrogen and oxygen atoms in total. The summed E-state index contributed by atoms with van der Waals surface area (Å²) in [5, 5.41) is 14.0. The average Bonchev–Trinajstić information content (AvgIpc) is 3.22. The number of hydrogen-bond donors (Lipinski definition) is 2. The van der Waals surface area contributed by atoms with E-state index >= 15 is 0 Å². The fourth-order valence-corrected chi connectivity index (χ4v) is 2.89. The molecule has 0 aliphatic carbocycles. The number of carbonyl (C=O) groups is 1. The number of hydrogen-bond acceptors (Lipinski definition) is 5. The molecular weight excluding hydrogens is 298 g/mol. The summed E-state index contributed by atoms with van der Waals surface area (Å²) >= 11 is 0. The van der Waals surface area contributed by atoms with Crippen molar-refractivity contribution in [3.05, 3.63) is 29.7 Å². The number of ether oxygens (including phenoxy) is 2. The van der Waals surface area contributed by atoms with Gasteiger partial charge in [-0.3, -0.25) is 9.89 Å². The van der Waals surface area contributed by atoms with Gasteiger partial charge in [0.15, 0.2) is 5.69 Å². The first-order valence-corrected chi connectivity index (χ1v) is 7.66. The Bertz CT molecular complexity index is 652. The molecule has 3 heterocycles. The van der Waals surface area contributed by atoms with E-state index in [-0.39, 0.29) is 17.9 Å². The van der Waals surface area contributed by atoms with E-state index in [1.165, 1.54) is 4.68 Å². The van der Waals surface area contributed by atoms with Crippen LogP contribution in [0, 0.1) is 5.92 Å². The van der Waals surface area contributed by atoms with Crippen LogP contribution in [0.25, 0.3) is 0 Å². The number of carbonyl (C=O) groups excluding carboxylic acids is 1. The molecule has 2 N–H and O–H groups in total. The molecule has 0 bridgehead atoms. The largest absolute Gasteiger partial charge is 0.481 e. The lowest BCUT2D eigenvalue weighted by Crippen LogP contribution is -2.35. The molecule has 0 spiro atoms. The van der Waals surface area contributed by atoms with Crippen molar-refractivity contribution in [2.24, 2.45) is 13.0 Å². The van der Waals surface area contributed by atoms with Gasteiger partial charge in [0.05, 0.1) is 12.8 Å². The molecule has 3 rings (SSSR count). The van der Waals surface area contributed by atoms with Crippen LogP contribution >= 0.6 is 0 Å². The maximum absolute atomic E-state index is 12.3. The monoisotopic (exact) mass is 319 g/mol. The maximum atomic E-state index is 12.3. The predicted molar refractivity (Wildman–Crippen MR) is 82.1 cm³/mol. The number of amides is 1. The summed E-state index contributed by atoms with van der Waals surface area (Å²) in [5.74, 6) is 0.545. The zero-order chi connectivity index (χ0) is 16.2. The maximum Gasteiger partial charge on any atom is 0.271 e. The Morgan fingerprint density at radius 2 is 2.48 bits per heavy atom. The Morgan fingerprint density at radius 1 is 1.61 bits per heavy atom. The van der Waals surface area contributed by atoms with Gasteiger partial charge in [0, 0.05) is 38.4 Å². The molecule has 2 aromatic rings. The molecule has 1 amide bonds. The van der Waals surface area contributed by atoms with Crippen LogP contribution in [0.15, 0.2) is 18.3 Å². The highest BCUT2D eigenvalue weighted by molar-refractivity contribution is 5.92. The summed E-state index contributed by atoms with van der Waals surface area (Å²) in [5.41, 5.74) is 1.29. The second-order valence-corrected chi connectivity index (χ2v) is 5.61. The Morgan fingerprint density at radius 3 is 3.17 bits per heavy atom. The molecule has 0 saturated carbocycles. The number of aryl methyl sites for hydroxylation is 1. The fourth-order valence-electron chi connectivity index (χ4n) is 2.89. The Hall–Kier alpha value is -2.35. The molecule has 124 valence electrons. The molecule has 1 saturated heterocycles. The van der Waals surface area contributed by atoms with Gasteiger partial charge < -0.3 is 14.8 Å². The summed E-state index contributed by atoms with van der Waals surface area (Å²) < 4.78 is 12.5. The highest BCUT2D eigenvalue weighted by Crippen LogP contribution is 2.32. The van der Waals surface area contributed by atoms with E-state index in [2.05, 4.69) is 20.6 Å². The minimum Gasteiger partial charge on any atom is -0.481 e. The van der Waals surface area contributed by atoms with Crippen molar-refractivity contribution in [2.75, 3.05) is 20.3 Å². The van der Waals surface area contributed by atoms with Gasteiger partial charge in [-0.05, 0) is 18.9 Å². The molecule has 0 radical (unpaired) electrons. The summed E-state index contributed by atoms with van der Waals surface area (Å²) in [4.78, 5) is 12.3. The van der Waals surface area contributed by atoms with Crippen LogP contribution in [-0.4, -0.2) is 46.1 Å². The van der Waals surface area contributed by atoms with E-state index in [0.29, 0.717) is 18.1 Å². The highest BCUT2D eigenvalue weighted by Gasteiger charge is 2.29. The van der Waals surface area contributed by atoms with Gasteiger partial charge in [0.2, 0.25) is 5.88 Å². The average molecular weight is 319 g/mol. The smallest absolute Gasteiger partial charge is 0.271 e. The lowest BCUT2D eigenvalue weighted by atomic mass is 9.92. The SMILES string of the molecule is COc1cc(C(=O)NC[C@@H]2CCCO[C@H]2c2ccn[nH]2)nn1C. The number of nitrogens with one attached hydrogen (secondary N) is 2. The molecule has 1 aliphatic rings. The lowest BCUT2D eigenvalue weighted by molar-refractivity contribution is -0.0297. The second-order valence-electron chi connectivity index (χ2n) is 5.61. The van der Waals surface area contributed by atoms with Crippen molar-refractivity contribution in [3.63, 3.8) is 0 Å². The topological polar surface area (TPSA) is 94.1 Å². The van der Waals surface area contributed by atoms with Crippen LogP contribution in [0.3, 0.4) is 0 Å². The van der Waals surface area contributed by atoms with E-state index in [0.717, 1.165) is 25.1 Å². The van der Waals surface area contributed by atoms with Gasteiger partial charge >= 0.3 is 0 Å². The van der Waals surface area contributed by atoms with Crippen LogP contribution in [0.2, 0.25) is 0 Å². The third-order valence-electron chi connectivity index (χ3n) is 4.08. The van der Waals surface area contributed by atoms with E-state index < -0.39 is 0 Å². The Kier molecular flexibility index (Phi) is 4.61. The van der Waals surface area contributed by atoms with E-state index in [9.17, 15) is 4.79 Å². The number of rotatable bonds is 5. The number of nitrogens with zero attached hydrogens (tertiary/aromatic N) is 3. The minimum absolute atomic E-state index is 0.0650. The van der Waals surface area contributed by atoms with Gasteiger partial charge in [-0.1, -0.05) is 0 Å². The molecule has 1 fully saturated rings. The first-order chi connectivity index (χ1) is 11.2. The number of methoxy groups -OCH3 is 1. The molecule has 0 unspecified atom stereocenters. The lowest BCUT2D eigenvalue weighted by Gasteiger charge is -2.31. The van der Waals surface area contributed by atoms with Crippen LogP contribution in [0.5, 0.6) is 5.88 Å². The van der Waals surface area contributed by atoms with Crippen LogP contribution < -0.4 is 10.1 Å². The van der Waals surface area contributed by atoms with Crippen LogP contribution in [0.1, 0.15) is 35.1 Å². The highest BCUT2D eigenvalue weighted by atomic mass is 16.5. The number of aromatic nitrogens is 4. The van der Waals surface area contributed by atoms with Crippen molar-refractivity contribution in [1.82, 2.24) is 25.3 Å². The van der Waals surface area contributed by atoms with Crippen molar-refractivity contribution in [1.29, 1.82) is 0 Å². The predicted octanol–water partition coefficient (Wildman–Crippen LogP) is 1.05. The first kappa shape index (κ1) is 15.5. The molecule has 8 heteroatoms. The molecule has 23 heavy (non-hydrogen) atoms. The standard InChI is InChI=1S/C15H21N5O3/c1-20-13(22-2)8-12(19-20)15(21)16-9-10-4-3-7-23-14(10)11-5-6-17-18-11/h5-6,8,10,14H,3-4,7,9H2,1-2H3,(H,16,21)(H,17,18)/t10-,14+/m0/s1. The third kappa shape index (κ3) is 3.37. The minimum atomic E-state index is -0.210. The summed E-state index contributed by atoms with van der Waals surface area (Å²) in [6.07, 6.45) is 3.63. The summed E-state index contributed by atoms with van der Waals surface area (Å²) in [6, 6.07) is 3.54. The molecule has 2 aromatic heterocycles. The fraction of sp³-hybridized carbons (Fsp3) is 0.533. The molecule has 2 atom stereocenters. The van der Waals surface area contributed by atoms with Crippen molar-refractivity contribution >= 4 is 5.91 Å². The van der Waals surface area contributed by atoms with Crippen LogP contribution in [-0.2, 0) is 11.8 Å². The van der Waals surface area contributed by atoms with Gasteiger partial charge in [0.1, 0.15) is 6.10 Å². The van der Waals surface area contributed by atoms with E-state index in [4.69, 9.17) is 9.47 Å². The Labute approximate surface area is 134 Å². The number of aromatic amines is 1. The summed E-state index contributed by atoms with van der Waals surface area (Å²) in [7, 11) is 3.28. The molecule has 0 aromatic carbocycles. The van der Waals surface area contributed by atoms with E-state index in [1.54, 1.807) is 26.4 Å². The van der Waals surface area contributed by atoms with Gasteiger partial charge in [0.25, 0.3) is 5.91 Å². The zero-order valence-electron chi connectivity index (χ0n) is 13.3. The molecule has 1 aliphatic heterocycles. The summed E-state index contributed by atoms with van der Waals surface area (Å²) in [6.45, 7) is 1.26. The van der Waals surface area contributed by atoms with Gasteiger partial charge in [-0.25, -0.2) is 4.68 Å². The number of H-pyrrole nitrogens is 1. The van der Waals surface area contributed by atoms with Crippen molar-refractivity contribution < 1.29 is 14.3 Å². The van der Waals surface area contributed by atoms with Crippen LogP contribution in [0.4, 0.5) is 0 Å². The Balaban J connectivity index is 1.62.